The van der Waals surface area contributed by atoms with Crippen LogP contribution in [0.4, 0.5) is 0 Å². The third kappa shape index (κ3) is 2.86. The van der Waals surface area contributed by atoms with Crippen LogP contribution < -0.4 is 0 Å². The van der Waals surface area contributed by atoms with Crippen LogP contribution in [0.2, 0.25) is 0 Å². The molecule has 0 amide bonds. The first kappa shape index (κ1) is 15.0. The summed E-state index contributed by atoms with van der Waals surface area (Å²) in [6.45, 7) is 0.543. The molecule has 2 N–H and O–H groups in total. The summed E-state index contributed by atoms with van der Waals surface area (Å²) in [5.41, 5.74) is 0. The maximum absolute atomic E-state index is 12.8. The van der Waals surface area contributed by atoms with Gasteiger partial charge in [0.2, 0.25) is 10.0 Å². The summed E-state index contributed by atoms with van der Waals surface area (Å²) in [7, 11) is -3.51. The van der Waals surface area contributed by atoms with Crippen molar-refractivity contribution in [3.05, 3.63) is 12.4 Å². The lowest BCUT2D eigenvalue weighted by Crippen LogP contribution is -2.51. The normalized spacial score (nSPS) is 32.1. The number of sulfonamides is 1. The highest BCUT2D eigenvalue weighted by Gasteiger charge is 2.41. The van der Waals surface area contributed by atoms with Crippen LogP contribution >= 0.6 is 0 Å². The van der Waals surface area contributed by atoms with Gasteiger partial charge in [-0.25, -0.2) is 8.42 Å². The molecule has 7 heteroatoms. The van der Waals surface area contributed by atoms with Crippen LogP contribution in [0.5, 0.6) is 0 Å². The van der Waals surface area contributed by atoms with Crippen LogP contribution in [0, 0.1) is 5.92 Å². The Hall–Kier alpha value is -0.920. The zero-order valence-electron chi connectivity index (χ0n) is 12.1. The summed E-state index contributed by atoms with van der Waals surface area (Å²) in [5, 5.41) is 16.6. The van der Waals surface area contributed by atoms with Crippen LogP contribution in [0.25, 0.3) is 0 Å². The Bertz CT molecular complexity index is 558. The summed E-state index contributed by atoms with van der Waals surface area (Å²) >= 11 is 0. The van der Waals surface area contributed by atoms with Crippen LogP contribution in [0.15, 0.2) is 17.3 Å². The van der Waals surface area contributed by atoms with E-state index in [1.54, 1.807) is 4.31 Å². The topological polar surface area (TPSA) is 86.3 Å². The zero-order chi connectivity index (χ0) is 14.9. The number of nitrogens with one attached hydrogen (secondary N) is 1. The van der Waals surface area contributed by atoms with Gasteiger partial charge in [0.05, 0.1) is 12.3 Å². The number of nitrogens with zero attached hydrogens (tertiary/aromatic N) is 2. The van der Waals surface area contributed by atoms with E-state index in [1.165, 1.54) is 12.4 Å². The Labute approximate surface area is 125 Å². The van der Waals surface area contributed by atoms with Crippen molar-refractivity contribution >= 4 is 10.0 Å². The molecule has 1 saturated heterocycles. The van der Waals surface area contributed by atoms with Crippen LogP contribution in [-0.2, 0) is 10.0 Å². The molecule has 3 atom stereocenters. The lowest BCUT2D eigenvalue weighted by molar-refractivity contribution is 0.0204. The molecule has 1 saturated carbocycles. The summed E-state index contributed by atoms with van der Waals surface area (Å²) in [6.07, 6.45) is 9.02. The molecule has 1 aromatic heterocycles. The van der Waals surface area contributed by atoms with Crippen molar-refractivity contribution in [2.75, 3.05) is 6.54 Å². The molecule has 2 aliphatic rings. The molecule has 0 aromatic carbocycles. The minimum absolute atomic E-state index is 0.0701. The lowest BCUT2D eigenvalue weighted by atomic mass is 9.79. The Morgan fingerprint density at radius 2 is 1.95 bits per heavy atom. The summed E-state index contributed by atoms with van der Waals surface area (Å²) in [4.78, 5) is 0.222. The molecular weight excluding hydrogens is 290 g/mol. The monoisotopic (exact) mass is 313 g/mol. The van der Waals surface area contributed by atoms with Crippen LogP contribution in [0.1, 0.15) is 44.9 Å². The maximum atomic E-state index is 12.8. The van der Waals surface area contributed by atoms with Gasteiger partial charge in [0.25, 0.3) is 0 Å². The number of hydrogen-bond donors (Lipinski definition) is 2. The molecular formula is C14H23N3O3S. The second-order valence-electron chi connectivity index (χ2n) is 6.13. The molecule has 3 rings (SSSR count). The third-order valence-electron chi connectivity index (χ3n) is 4.85. The highest BCUT2D eigenvalue weighted by molar-refractivity contribution is 7.89. The van der Waals surface area contributed by atoms with Gasteiger partial charge in [-0.05, 0) is 25.7 Å². The van der Waals surface area contributed by atoms with E-state index in [4.69, 9.17) is 0 Å². The molecule has 118 valence electrons. The van der Waals surface area contributed by atoms with Gasteiger partial charge in [-0.1, -0.05) is 19.3 Å². The van der Waals surface area contributed by atoms with Gasteiger partial charge in [-0.3, -0.25) is 5.10 Å². The second kappa shape index (κ2) is 6.06. The van der Waals surface area contributed by atoms with Crippen molar-refractivity contribution in [1.82, 2.24) is 14.5 Å². The molecule has 0 bridgehead atoms. The summed E-state index contributed by atoms with van der Waals surface area (Å²) < 4.78 is 27.2. The van der Waals surface area contributed by atoms with E-state index in [0.717, 1.165) is 44.9 Å². The van der Waals surface area contributed by atoms with Gasteiger partial charge in [0.1, 0.15) is 4.90 Å². The molecule has 1 aliphatic carbocycles. The zero-order valence-corrected chi connectivity index (χ0v) is 12.9. The fraction of sp³-hybridized carbons (Fsp3) is 0.786. The average molecular weight is 313 g/mol. The van der Waals surface area contributed by atoms with Gasteiger partial charge in [0.15, 0.2) is 0 Å². The fourth-order valence-corrected chi connectivity index (χ4v) is 5.41. The fourth-order valence-electron chi connectivity index (χ4n) is 3.76. The number of piperidine rings is 1. The minimum atomic E-state index is -3.51. The van der Waals surface area contributed by atoms with E-state index < -0.39 is 10.0 Å². The van der Waals surface area contributed by atoms with Crippen molar-refractivity contribution < 1.29 is 13.5 Å². The van der Waals surface area contributed by atoms with Crippen molar-refractivity contribution in [2.45, 2.75) is 62.0 Å². The van der Waals surface area contributed by atoms with E-state index in [9.17, 15) is 13.5 Å². The highest BCUT2D eigenvalue weighted by Crippen LogP contribution is 2.36. The number of aromatic nitrogens is 2. The molecule has 0 spiro atoms. The van der Waals surface area contributed by atoms with Crippen molar-refractivity contribution in [2.24, 2.45) is 5.92 Å². The molecule has 2 fully saturated rings. The first-order chi connectivity index (χ1) is 10.1. The van der Waals surface area contributed by atoms with Gasteiger partial charge in [-0.15, -0.1) is 0 Å². The van der Waals surface area contributed by atoms with Gasteiger partial charge in [0, 0.05) is 24.7 Å². The van der Waals surface area contributed by atoms with E-state index in [-0.39, 0.29) is 23.0 Å². The second-order valence-corrected chi connectivity index (χ2v) is 8.02. The standard InChI is InChI=1S/C14H23N3O3S/c18-14-7-2-1-5-12(14)13-6-3-4-8-17(13)21(19,20)11-9-15-16-10-11/h9-10,12-14,18H,1-8H2,(H,15,16). The number of hydrogen-bond acceptors (Lipinski definition) is 4. The summed E-state index contributed by atoms with van der Waals surface area (Å²) in [5.74, 6) is 0.0701. The number of aromatic amines is 1. The van der Waals surface area contributed by atoms with E-state index >= 15 is 0 Å². The molecule has 6 nitrogen and oxygen atoms in total. The SMILES string of the molecule is O=S(=O)(c1cn[nH]c1)N1CCCCC1C1CCCCC1O. The molecule has 1 aromatic rings. The van der Waals surface area contributed by atoms with Gasteiger partial charge < -0.3 is 5.11 Å². The largest absolute Gasteiger partial charge is 0.393 e. The molecule has 3 unspecified atom stereocenters. The average Bonchev–Trinajstić information content (AvgIpc) is 3.03. The minimum Gasteiger partial charge on any atom is -0.393 e. The number of H-pyrrole nitrogens is 1. The van der Waals surface area contributed by atoms with E-state index in [0.29, 0.717) is 6.54 Å². The van der Waals surface area contributed by atoms with Gasteiger partial charge in [-0.2, -0.15) is 9.40 Å². The van der Waals surface area contributed by atoms with Crippen LogP contribution in [-0.4, -0.2) is 46.7 Å². The Morgan fingerprint density at radius 1 is 1.19 bits per heavy atom. The predicted octanol–water partition coefficient (Wildman–Crippen LogP) is 1.50. The smallest absolute Gasteiger partial charge is 0.246 e. The van der Waals surface area contributed by atoms with Crippen molar-refractivity contribution in [1.29, 1.82) is 0 Å². The first-order valence-corrected chi connectivity index (χ1v) is 9.23. The summed E-state index contributed by atoms with van der Waals surface area (Å²) in [6, 6.07) is -0.0750. The molecule has 0 radical (unpaired) electrons. The quantitative estimate of drug-likeness (QED) is 0.885. The van der Waals surface area contributed by atoms with Gasteiger partial charge >= 0.3 is 0 Å². The van der Waals surface area contributed by atoms with Crippen LogP contribution in [0.3, 0.4) is 0 Å². The number of aliphatic hydroxyl groups excluding tert-OH is 1. The highest BCUT2D eigenvalue weighted by atomic mass is 32.2. The maximum Gasteiger partial charge on any atom is 0.246 e. The predicted molar refractivity (Wildman–Crippen MR) is 78.1 cm³/mol. The Balaban J connectivity index is 1.88. The van der Waals surface area contributed by atoms with E-state index in [1.807, 2.05) is 0 Å². The Morgan fingerprint density at radius 3 is 2.67 bits per heavy atom. The Kier molecular flexibility index (Phi) is 4.33. The number of rotatable bonds is 3. The number of aliphatic hydroxyl groups is 1. The van der Waals surface area contributed by atoms with Crippen molar-refractivity contribution in [3.8, 4) is 0 Å². The molecule has 1 aliphatic heterocycles. The third-order valence-corrected chi connectivity index (χ3v) is 6.74. The van der Waals surface area contributed by atoms with Crippen molar-refractivity contribution in [3.63, 3.8) is 0 Å². The first-order valence-electron chi connectivity index (χ1n) is 7.79. The molecule has 21 heavy (non-hydrogen) atoms. The molecule has 2 heterocycles. The van der Waals surface area contributed by atoms with E-state index in [2.05, 4.69) is 10.2 Å². The lowest BCUT2D eigenvalue weighted by Gasteiger charge is -2.42.